The van der Waals surface area contributed by atoms with E-state index in [0.717, 1.165) is 4.90 Å². The average Bonchev–Trinajstić information content (AvgIpc) is 2.63. The van der Waals surface area contributed by atoms with Gasteiger partial charge in [0.05, 0.1) is 6.42 Å². The van der Waals surface area contributed by atoms with E-state index in [4.69, 9.17) is 0 Å². The van der Waals surface area contributed by atoms with Gasteiger partial charge in [-0.3, -0.25) is 29.4 Å². The first kappa shape index (κ1) is 10.5. The van der Waals surface area contributed by atoms with Gasteiger partial charge in [0.1, 0.15) is 6.04 Å². The molecule has 2 heterocycles. The van der Waals surface area contributed by atoms with Crippen LogP contribution in [0.2, 0.25) is 0 Å². The molecule has 2 aliphatic rings. The first-order valence-electron chi connectivity index (χ1n) is 4.82. The molecule has 1 saturated heterocycles. The van der Waals surface area contributed by atoms with E-state index >= 15 is 0 Å². The van der Waals surface area contributed by atoms with Crippen molar-refractivity contribution in [3.05, 3.63) is 11.1 Å². The summed E-state index contributed by atoms with van der Waals surface area (Å²) in [7, 11) is 0. The van der Waals surface area contributed by atoms with Gasteiger partial charge in [0, 0.05) is 11.1 Å². The maximum absolute atomic E-state index is 11.7. The van der Waals surface area contributed by atoms with Crippen LogP contribution in [0.1, 0.15) is 20.3 Å². The molecule has 0 aromatic heterocycles. The number of carbonyl (C=O) groups is 4. The Kier molecular flexibility index (Phi) is 2.15. The highest BCUT2D eigenvalue weighted by atomic mass is 16.2. The van der Waals surface area contributed by atoms with E-state index in [1.54, 1.807) is 0 Å². The van der Waals surface area contributed by atoms with Crippen molar-refractivity contribution in [3.8, 4) is 0 Å². The maximum Gasteiger partial charge on any atom is 0.257 e. The summed E-state index contributed by atoms with van der Waals surface area (Å²) in [4.78, 5) is 46.7. The lowest BCUT2D eigenvalue weighted by Crippen LogP contribution is -2.45. The molecule has 1 N–H and O–H groups in total. The van der Waals surface area contributed by atoms with Crippen LogP contribution in [-0.2, 0) is 19.2 Å². The van der Waals surface area contributed by atoms with Gasteiger partial charge in [0.25, 0.3) is 11.8 Å². The highest BCUT2D eigenvalue weighted by Crippen LogP contribution is 2.24. The fourth-order valence-corrected chi connectivity index (χ4v) is 1.81. The number of amides is 4. The van der Waals surface area contributed by atoms with Crippen LogP contribution in [-0.4, -0.2) is 34.6 Å². The topological polar surface area (TPSA) is 83.6 Å². The van der Waals surface area contributed by atoms with E-state index in [0.29, 0.717) is 11.1 Å². The monoisotopic (exact) mass is 222 g/mol. The van der Waals surface area contributed by atoms with Gasteiger partial charge in [0.15, 0.2) is 0 Å². The number of carbonyl (C=O) groups excluding carboxylic acids is 4. The zero-order valence-electron chi connectivity index (χ0n) is 8.86. The van der Waals surface area contributed by atoms with Crippen molar-refractivity contribution in [3.63, 3.8) is 0 Å². The molecular weight excluding hydrogens is 212 g/mol. The minimum atomic E-state index is -0.986. The van der Waals surface area contributed by atoms with Gasteiger partial charge in [0.2, 0.25) is 11.8 Å². The molecule has 0 saturated carbocycles. The van der Waals surface area contributed by atoms with Gasteiger partial charge in [-0.25, -0.2) is 0 Å². The number of nitrogens with one attached hydrogen (secondary N) is 1. The summed E-state index contributed by atoms with van der Waals surface area (Å²) in [6, 6.07) is -0.986. The summed E-state index contributed by atoms with van der Waals surface area (Å²) in [5.41, 5.74) is 0.661. The molecule has 1 atom stereocenters. The van der Waals surface area contributed by atoms with Crippen molar-refractivity contribution in [2.45, 2.75) is 26.3 Å². The van der Waals surface area contributed by atoms with E-state index in [9.17, 15) is 19.2 Å². The van der Waals surface area contributed by atoms with Crippen LogP contribution in [0.4, 0.5) is 0 Å². The molecule has 16 heavy (non-hydrogen) atoms. The molecule has 84 valence electrons. The van der Waals surface area contributed by atoms with Gasteiger partial charge in [-0.1, -0.05) is 0 Å². The van der Waals surface area contributed by atoms with Crippen LogP contribution in [0.5, 0.6) is 0 Å². The van der Waals surface area contributed by atoms with Gasteiger partial charge < -0.3 is 0 Å². The Morgan fingerprint density at radius 2 is 1.56 bits per heavy atom. The number of hydrogen-bond donors (Lipinski definition) is 1. The van der Waals surface area contributed by atoms with Crippen molar-refractivity contribution in [1.29, 1.82) is 0 Å². The molecule has 0 aromatic carbocycles. The van der Waals surface area contributed by atoms with E-state index in [-0.39, 0.29) is 6.42 Å². The van der Waals surface area contributed by atoms with Crippen LogP contribution >= 0.6 is 0 Å². The molecule has 0 aliphatic carbocycles. The molecule has 4 amide bonds. The van der Waals surface area contributed by atoms with Crippen LogP contribution in [0.3, 0.4) is 0 Å². The van der Waals surface area contributed by atoms with Gasteiger partial charge >= 0.3 is 0 Å². The standard InChI is InChI=1S/C10H10N2O4/c1-4-5(2)10(16)12(9(4)15)6-3-7(13)11-8(6)14/h6H,3H2,1-2H3,(H,11,13,14). The molecule has 0 spiro atoms. The molecular formula is C10H10N2O4. The number of imide groups is 2. The second-order valence-corrected chi connectivity index (χ2v) is 3.86. The maximum atomic E-state index is 11.7. The van der Waals surface area contributed by atoms with Crippen LogP contribution in [0.25, 0.3) is 0 Å². The SMILES string of the molecule is CC1=C(C)C(=O)N(C2CC(=O)NC2=O)C1=O. The van der Waals surface area contributed by atoms with E-state index in [2.05, 4.69) is 5.32 Å². The highest BCUT2D eigenvalue weighted by Gasteiger charge is 2.45. The van der Waals surface area contributed by atoms with Gasteiger partial charge in [-0.05, 0) is 13.8 Å². The fraction of sp³-hybridized carbons (Fsp3) is 0.400. The van der Waals surface area contributed by atoms with Gasteiger partial charge in [-0.15, -0.1) is 0 Å². The Bertz CT molecular complexity index is 439. The largest absolute Gasteiger partial charge is 0.295 e. The third kappa shape index (κ3) is 1.26. The van der Waals surface area contributed by atoms with Crippen molar-refractivity contribution in [2.75, 3.05) is 0 Å². The summed E-state index contributed by atoms with van der Waals surface area (Å²) in [6.07, 6.45) is -0.142. The van der Waals surface area contributed by atoms with Gasteiger partial charge in [-0.2, -0.15) is 0 Å². The van der Waals surface area contributed by atoms with Crippen molar-refractivity contribution < 1.29 is 19.2 Å². The smallest absolute Gasteiger partial charge is 0.257 e. The zero-order chi connectivity index (χ0) is 12.0. The number of rotatable bonds is 1. The Morgan fingerprint density at radius 1 is 1.06 bits per heavy atom. The van der Waals surface area contributed by atoms with Crippen LogP contribution < -0.4 is 5.32 Å². The molecule has 6 heteroatoms. The molecule has 6 nitrogen and oxygen atoms in total. The lowest BCUT2D eigenvalue weighted by Gasteiger charge is -2.19. The molecule has 1 unspecified atom stereocenters. The molecule has 2 aliphatic heterocycles. The molecule has 0 bridgehead atoms. The lowest BCUT2D eigenvalue weighted by molar-refractivity contribution is -0.144. The van der Waals surface area contributed by atoms with Crippen molar-refractivity contribution in [1.82, 2.24) is 10.2 Å². The quantitative estimate of drug-likeness (QED) is 0.583. The first-order chi connectivity index (χ1) is 7.43. The van der Waals surface area contributed by atoms with Crippen LogP contribution in [0, 0.1) is 0 Å². The highest BCUT2D eigenvalue weighted by molar-refractivity contribution is 6.22. The lowest BCUT2D eigenvalue weighted by atomic mass is 10.2. The van der Waals surface area contributed by atoms with E-state index in [1.807, 2.05) is 0 Å². The molecule has 2 rings (SSSR count). The third-order valence-electron chi connectivity index (χ3n) is 2.90. The summed E-state index contributed by atoms with van der Waals surface area (Å²) < 4.78 is 0. The predicted octanol–water partition coefficient (Wildman–Crippen LogP) is -0.893. The fourth-order valence-electron chi connectivity index (χ4n) is 1.81. The second kappa shape index (κ2) is 3.26. The Hall–Kier alpha value is -1.98. The first-order valence-corrected chi connectivity index (χ1v) is 4.82. The van der Waals surface area contributed by atoms with Crippen LogP contribution in [0.15, 0.2) is 11.1 Å². The summed E-state index contributed by atoms with van der Waals surface area (Å²) in [5, 5.41) is 2.07. The average molecular weight is 222 g/mol. The Balaban J connectivity index is 2.32. The predicted molar refractivity (Wildman–Crippen MR) is 51.8 cm³/mol. The van der Waals surface area contributed by atoms with Crippen molar-refractivity contribution >= 4 is 23.6 Å². The molecule has 1 fully saturated rings. The minimum absolute atomic E-state index is 0.142. The Morgan fingerprint density at radius 3 is 1.94 bits per heavy atom. The zero-order valence-corrected chi connectivity index (χ0v) is 8.86. The summed E-state index contributed by atoms with van der Waals surface area (Å²) in [6.45, 7) is 3.06. The molecule has 0 aromatic rings. The van der Waals surface area contributed by atoms with E-state index in [1.165, 1.54) is 13.8 Å². The number of nitrogens with zero attached hydrogens (tertiary/aromatic N) is 1. The summed E-state index contributed by atoms with van der Waals surface area (Å²) in [5.74, 6) is -2.03. The number of hydrogen-bond acceptors (Lipinski definition) is 4. The Labute approximate surface area is 91.3 Å². The normalized spacial score (nSPS) is 25.9. The third-order valence-corrected chi connectivity index (χ3v) is 2.90. The summed E-state index contributed by atoms with van der Waals surface area (Å²) >= 11 is 0. The minimum Gasteiger partial charge on any atom is -0.295 e. The van der Waals surface area contributed by atoms with Crippen molar-refractivity contribution in [2.24, 2.45) is 0 Å². The van der Waals surface area contributed by atoms with E-state index < -0.39 is 29.7 Å². The second-order valence-electron chi connectivity index (χ2n) is 3.86. The molecule has 0 radical (unpaired) electrons.